The minimum atomic E-state index is 0.532. The SMILES string of the molecule is Cn1nc(-c2cccc(Cl)c2)c(C=O)c1Br. The second-order valence-corrected chi connectivity index (χ2v) is 4.49. The Morgan fingerprint density at radius 1 is 1.50 bits per heavy atom. The van der Waals surface area contributed by atoms with Crippen LogP contribution in [-0.2, 0) is 7.05 Å². The van der Waals surface area contributed by atoms with Crippen molar-refractivity contribution in [1.82, 2.24) is 9.78 Å². The molecule has 5 heteroatoms. The highest BCUT2D eigenvalue weighted by Gasteiger charge is 2.14. The summed E-state index contributed by atoms with van der Waals surface area (Å²) in [5.74, 6) is 0. The van der Waals surface area contributed by atoms with Gasteiger partial charge in [-0.3, -0.25) is 9.48 Å². The van der Waals surface area contributed by atoms with E-state index in [1.165, 1.54) is 0 Å². The molecule has 82 valence electrons. The molecule has 2 rings (SSSR count). The molecule has 0 saturated heterocycles. The summed E-state index contributed by atoms with van der Waals surface area (Å²) < 4.78 is 2.28. The van der Waals surface area contributed by atoms with Crippen molar-refractivity contribution in [2.45, 2.75) is 0 Å². The summed E-state index contributed by atoms with van der Waals surface area (Å²) in [7, 11) is 1.77. The smallest absolute Gasteiger partial charge is 0.155 e. The lowest BCUT2D eigenvalue weighted by Gasteiger charge is -1.98. The van der Waals surface area contributed by atoms with E-state index in [4.69, 9.17) is 11.6 Å². The topological polar surface area (TPSA) is 34.9 Å². The molecule has 0 aliphatic carbocycles. The van der Waals surface area contributed by atoms with E-state index in [-0.39, 0.29) is 0 Å². The zero-order valence-corrected chi connectivity index (χ0v) is 10.8. The Balaban J connectivity index is 2.64. The Labute approximate surface area is 106 Å². The third-order valence-electron chi connectivity index (χ3n) is 2.23. The van der Waals surface area contributed by atoms with Crippen molar-refractivity contribution < 1.29 is 4.79 Å². The minimum absolute atomic E-state index is 0.532. The lowest BCUT2D eigenvalue weighted by Crippen LogP contribution is -1.89. The van der Waals surface area contributed by atoms with Gasteiger partial charge in [-0.05, 0) is 28.1 Å². The van der Waals surface area contributed by atoms with E-state index >= 15 is 0 Å². The summed E-state index contributed by atoms with van der Waals surface area (Å²) in [5, 5.41) is 4.89. The van der Waals surface area contributed by atoms with Crippen LogP contribution in [0, 0.1) is 0 Å². The third kappa shape index (κ3) is 1.90. The number of aldehydes is 1. The zero-order chi connectivity index (χ0) is 11.7. The predicted molar refractivity (Wildman–Crippen MR) is 66.7 cm³/mol. The number of carbonyl (C=O) groups is 1. The van der Waals surface area contributed by atoms with Gasteiger partial charge < -0.3 is 0 Å². The number of rotatable bonds is 2. The quantitative estimate of drug-likeness (QED) is 0.797. The predicted octanol–water partition coefficient (Wildman–Crippen LogP) is 3.32. The first-order valence-electron chi connectivity index (χ1n) is 4.57. The summed E-state index contributed by atoms with van der Waals surface area (Å²) in [6, 6.07) is 7.26. The lowest BCUT2D eigenvalue weighted by molar-refractivity contribution is 0.112. The van der Waals surface area contributed by atoms with Crippen LogP contribution in [0.15, 0.2) is 28.9 Å². The number of hydrogen-bond donors (Lipinski definition) is 0. The number of hydrogen-bond acceptors (Lipinski definition) is 2. The highest BCUT2D eigenvalue weighted by Crippen LogP contribution is 2.28. The average molecular weight is 300 g/mol. The zero-order valence-electron chi connectivity index (χ0n) is 8.45. The molecule has 2 aromatic rings. The second-order valence-electron chi connectivity index (χ2n) is 3.30. The normalized spacial score (nSPS) is 10.4. The molecule has 1 aromatic carbocycles. The monoisotopic (exact) mass is 298 g/mol. The minimum Gasteiger partial charge on any atom is -0.298 e. The molecule has 0 spiro atoms. The molecular formula is C11H8BrClN2O. The van der Waals surface area contributed by atoms with Crippen molar-refractivity contribution in [2.75, 3.05) is 0 Å². The first kappa shape index (κ1) is 11.4. The van der Waals surface area contributed by atoms with Crippen molar-refractivity contribution in [2.24, 2.45) is 7.05 Å². The molecule has 0 radical (unpaired) electrons. The van der Waals surface area contributed by atoms with Crippen LogP contribution in [0.4, 0.5) is 0 Å². The maximum absolute atomic E-state index is 11.0. The summed E-state index contributed by atoms with van der Waals surface area (Å²) in [5.41, 5.74) is 1.99. The second kappa shape index (κ2) is 4.39. The molecule has 0 bridgehead atoms. The summed E-state index contributed by atoms with van der Waals surface area (Å²) >= 11 is 9.22. The van der Waals surface area contributed by atoms with Crippen molar-refractivity contribution in [3.05, 3.63) is 39.5 Å². The number of aromatic nitrogens is 2. The number of halogens is 2. The third-order valence-corrected chi connectivity index (χ3v) is 3.40. The molecule has 0 aliphatic rings. The number of carbonyl (C=O) groups excluding carboxylic acids is 1. The Bertz CT molecular complexity index is 551. The first-order chi connectivity index (χ1) is 7.63. The Kier molecular flexibility index (Phi) is 3.12. The number of aryl methyl sites for hydroxylation is 1. The van der Waals surface area contributed by atoms with Crippen LogP contribution in [0.1, 0.15) is 10.4 Å². The van der Waals surface area contributed by atoms with Gasteiger partial charge in [0.1, 0.15) is 10.3 Å². The standard InChI is InChI=1S/C11H8BrClN2O/c1-15-11(12)9(6-16)10(14-15)7-3-2-4-8(13)5-7/h2-6H,1H3. The van der Waals surface area contributed by atoms with Gasteiger partial charge in [0.2, 0.25) is 0 Å². The summed E-state index contributed by atoms with van der Waals surface area (Å²) in [6.07, 6.45) is 0.785. The molecule has 0 fully saturated rings. The average Bonchev–Trinajstić information content (AvgIpc) is 2.55. The van der Waals surface area contributed by atoms with Crippen molar-refractivity contribution in [3.63, 3.8) is 0 Å². The van der Waals surface area contributed by atoms with E-state index < -0.39 is 0 Å². The number of benzene rings is 1. The van der Waals surface area contributed by atoms with Gasteiger partial charge in [-0.2, -0.15) is 5.10 Å². The van der Waals surface area contributed by atoms with Crippen LogP contribution in [0.25, 0.3) is 11.3 Å². The molecule has 3 nitrogen and oxygen atoms in total. The van der Waals surface area contributed by atoms with Gasteiger partial charge in [0.25, 0.3) is 0 Å². The van der Waals surface area contributed by atoms with Gasteiger partial charge in [-0.15, -0.1) is 0 Å². The Hall–Kier alpha value is -1.13. The molecule has 0 unspecified atom stereocenters. The number of nitrogens with zero attached hydrogens (tertiary/aromatic N) is 2. The molecule has 0 N–H and O–H groups in total. The molecule has 16 heavy (non-hydrogen) atoms. The van der Waals surface area contributed by atoms with Crippen LogP contribution in [-0.4, -0.2) is 16.1 Å². The van der Waals surface area contributed by atoms with Crippen molar-refractivity contribution in [1.29, 1.82) is 0 Å². The molecular weight excluding hydrogens is 291 g/mol. The Morgan fingerprint density at radius 3 is 2.88 bits per heavy atom. The van der Waals surface area contributed by atoms with Gasteiger partial charge in [0, 0.05) is 17.6 Å². The van der Waals surface area contributed by atoms with E-state index in [1.807, 2.05) is 12.1 Å². The van der Waals surface area contributed by atoms with Crippen LogP contribution in [0.2, 0.25) is 5.02 Å². The summed E-state index contributed by atoms with van der Waals surface area (Å²) in [4.78, 5) is 11.0. The van der Waals surface area contributed by atoms with Crippen molar-refractivity contribution in [3.8, 4) is 11.3 Å². The fourth-order valence-corrected chi connectivity index (χ4v) is 2.02. The molecule has 0 saturated carbocycles. The fraction of sp³-hybridized carbons (Fsp3) is 0.0909. The van der Waals surface area contributed by atoms with Crippen molar-refractivity contribution >= 4 is 33.8 Å². The van der Waals surface area contributed by atoms with Gasteiger partial charge >= 0.3 is 0 Å². The first-order valence-corrected chi connectivity index (χ1v) is 5.74. The van der Waals surface area contributed by atoms with Crippen LogP contribution < -0.4 is 0 Å². The maximum Gasteiger partial charge on any atom is 0.155 e. The highest BCUT2D eigenvalue weighted by atomic mass is 79.9. The fourth-order valence-electron chi connectivity index (χ4n) is 1.47. The molecule has 1 aromatic heterocycles. The highest BCUT2D eigenvalue weighted by molar-refractivity contribution is 9.10. The van der Waals surface area contributed by atoms with Gasteiger partial charge in [-0.25, -0.2) is 0 Å². The van der Waals surface area contributed by atoms with Crippen LogP contribution in [0.3, 0.4) is 0 Å². The summed E-state index contributed by atoms with van der Waals surface area (Å²) in [6.45, 7) is 0. The molecule has 0 amide bonds. The van der Waals surface area contributed by atoms with E-state index in [0.29, 0.717) is 20.9 Å². The lowest BCUT2D eigenvalue weighted by atomic mass is 10.1. The van der Waals surface area contributed by atoms with E-state index in [1.54, 1.807) is 23.9 Å². The van der Waals surface area contributed by atoms with Gasteiger partial charge in [0.05, 0.1) is 5.56 Å². The van der Waals surface area contributed by atoms with E-state index in [9.17, 15) is 4.79 Å². The van der Waals surface area contributed by atoms with Gasteiger partial charge in [-0.1, -0.05) is 23.7 Å². The van der Waals surface area contributed by atoms with Crippen LogP contribution in [0.5, 0.6) is 0 Å². The largest absolute Gasteiger partial charge is 0.298 e. The van der Waals surface area contributed by atoms with E-state index in [2.05, 4.69) is 21.0 Å². The van der Waals surface area contributed by atoms with Crippen LogP contribution >= 0.6 is 27.5 Å². The van der Waals surface area contributed by atoms with Gasteiger partial charge in [0.15, 0.2) is 6.29 Å². The Morgan fingerprint density at radius 2 is 2.25 bits per heavy atom. The molecule has 0 aliphatic heterocycles. The molecule has 0 atom stereocenters. The van der Waals surface area contributed by atoms with E-state index in [0.717, 1.165) is 11.8 Å². The maximum atomic E-state index is 11.0. The molecule has 1 heterocycles.